The molecule has 0 unspecified atom stereocenters. The number of rotatable bonds is 4. The third kappa shape index (κ3) is 4.01. The minimum atomic E-state index is -4.67. The fraction of sp³-hybridized carbons (Fsp3) is 0.0714. The summed E-state index contributed by atoms with van der Waals surface area (Å²) in [5, 5.41) is 8.85. The van der Waals surface area contributed by atoms with Crippen LogP contribution in [0.15, 0.2) is 53.4 Å². The molecule has 0 atom stereocenters. The van der Waals surface area contributed by atoms with Crippen LogP contribution in [0.3, 0.4) is 0 Å². The van der Waals surface area contributed by atoms with E-state index >= 15 is 0 Å². The minimum Gasteiger partial charge on any atom is -0.478 e. The quantitative estimate of drug-likeness (QED) is 0.891. The zero-order chi connectivity index (χ0) is 17.3. The molecule has 2 aromatic rings. The summed E-state index contributed by atoms with van der Waals surface area (Å²) in [5.74, 6) is -1.26. The van der Waals surface area contributed by atoms with Gasteiger partial charge in [-0.2, -0.15) is 13.2 Å². The Morgan fingerprint density at radius 1 is 1.04 bits per heavy atom. The topological polar surface area (TPSA) is 83.5 Å². The number of hydrogen-bond donors (Lipinski definition) is 2. The summed E-state index contributed by atoms with van der Waals surface area (Å²) in [7, 11) is -4.28. The summed E-state index contributed by atoms with van der Waals surface area (Å²) in [6.45, 7) is 0. The zero-order valence-corrected chi connectivity index (χ0v) is 12.1. The molecule has 0 heterocycles. The zero-order valence-electron chi connectivity index (χ0n) is 11.3. The highest BCUT2D eigenvalue weighted by Crippen LogP contribution is 2.30. The molecule has 2 aromatic carbocycles. The van der Waals surface area contributed by atoms with E-state index in [1.54, 1.807) is 0 Å². The molecule has 0 spiro atoms. The van der Waals surface area contributed by atoms with Crippen LogP contribution in [0, 0.1) is 0 Å². The van der Waals surface area contributed by atoms with Crippen LogP contribution in [-0.4, -0.2) is 19.5 Å². The molecule has 23 heavy (non-hydrogen) atoms. The molecule has 0 fully saturated rings. The first-order valence-electron chi connectivity index (χ1n) is 6.13. The number of hydrogen-bond acceptors (Lipinski definition) is 3. The maximum Gasteiger partial charge on any atom is 0.416 e. The predicted octanol–water partition coefficient (Wildman–Crippen LogP) is 3.20. The number of carbonyl (C=O) groups is 1. The van der Waals surface area contributed by atoms with E-state index in [2.05, 4.69) is 4.72 Å². The lowest BCUT2D eigenvalue weighted by Crippen LogP contribution is -2.15. The van der Waals surface area contributed by atoms with E-state index in [9.17, 15) is 26.4 Å². The molecule has 0 bridgehead atoms. The monoisotopic (exact) mass is 345 g/mol. The van der Waals surface area contributed by atoms with Crippen LogP contribution in [0.5, 0.6) is 0 Å². The molecule has 5 nitrogen and oxygen atoms in total. The van der Waals surface area contributed by atoms with Gasteiger partial charge in [0.1, 0.15) is 0 Å². The molecule has 0 aliphatic rings. The van der Waals surface area contributed by atoms with Gasteiger partial charge in [-0.3, -0.25) is 4.72 Å². The molecule has 0 aliphatic heterocycles. The van der Waals surface area contributed by atoms with E-state index in [4.69, 9.17) is 5.11 Å². The van der Waals surface area contributed by atoms with Gasteiger partial charge in [0.15, 0.2) is 0 Å². The number of carboxylic acids is 1. The largest absolute Gasteiger partial charge is 0.478 e. The van der Waals surface area contributed by atoms with E-state index in [0.717, 1.165) is 24.3 Å². The number of aromatic carboxylic acids is 1. The molecule has 0 radical (unpaired) electrons. The lowest BCUT2D eigenvalue weighted by atomic mass is 10.2. The first kappa shape index (κ1) is 16.8. The average molecular weight is 345 g/mol. The van der Waals surface area contributed by atoms with Gasteiger partial charge in [-0.1, -0.05) is 12.1 Å². The first-order chi connectivity index (χ1) is 10.6. The third-order valence-corrected chi connectivity index (χ3v) is 4.21. The molecule has 0 amide bonds. The second-order valence-electron chi connectivity index (χ2n) is 4.52. The predicted molar refractivity (Wildman–Crippen MR) is 75.7 cm³/mol. The Bertz CT molecular complexity index is 847. The van der Waals surface area contributed by atoms with Gasteiger partial charge in [-0.05, 0) is 36.4 Å². The molecule has 2 N–H and O–H groups in total. The highest BCUT2D eigenvalue weighted by atomic mass is 32.2. The van der Waals surface area contributed by atoms with Crippen LogP contribution >= 0.6 is 0 Å². The van der Waals surface area contributed by atoms with Crippen molar-refractivity contribution in [1.82, 2.24) is 0 Å². The molecule has 122 valence electrons. The van der Waals surface area contributed by atoms with Crippen LogP contribution in [0.1, 0.15) is 15.9 Å². The van der Waals surface area contributed by atoms with Crippen molar-refractivity contribution in [2.24, 2.45) is 0 Å². The fourth-order valence-electron chi connectivity index (χ4n) is 1.77. The number of sulfonamides is 1. The van der Waals surface area contributed by atoms with Gasteiger partial charge in [0, 0.05) is 5.69 Å². The van der Waals surface area contributed by atoms with Crippen LogP contribution < -0.4 is 4.72 Å². The van der Waals surface area contributed by atoms with Crippen molar-refractivity contribution in [1.29, 1.82) is 0 Å². The first-order valence-corrected chi connectivity index (χ1v) is 7.61. The molecule has 9 heteroatoms. The second-order valence-corrected chi connectivity index (χ2v) is 6.20. The van der Waals surface area contributed by atoms with Crippen molar-refractivity contribution in [3.8, 4) is 0 Å². The lowest BCUT2D eigenvalue weighted by molar-refractivity contribution is -0.137. The van der Waals surface area contributed by atoms with Crippen LogP contribution in [-0.2, 0) is 16.2 Å². The third-order valence-electron chi connectivity index (χ3n) is 2.83. The van der Waals surface area contributed by atoms with Gasteiger partial charge in [0.2, 0.25) is 0 Å². The van der Waals surface area contributed by atoms with Gasteiger partial charge in [-0.25, -0.2) is 13.2 Å². The number of benzene rings is 2. The Morgan fingerprint density at radius 2 is 1.70 bits per heavy atom. The van der Waals surface area contributed by atoms with Crippen molar-refractivity contribution < 1.29 is 31.5 Å². The summed E-state index contributed by atoms with van der Waals surface area (Å²) < 4.78 is 64.3. The summed E-state index contributed by atoms with van der Waals surface area (Å²) in [6, 6.07) is 8.17. The molecule has 0 saturated carbocycles. The maximum atomic E-state index is 12.6. The van der Waals surface area contributed by atoms with E-state index in [-0.39, 0.29) is 11.3 Å². The lowest BCUT2D eigenvalue weighted by Gasteiger charge is -2.11. The Morgan fingerprint density at radius 3 is 2.30 bits per heavy atom. The summed E-state index contributed by atoms with van der Waals surface area (Å²) in [6.07, 6.45) is -4.67. The fourth-order valence-corrected chi connectivity index (χ4v) is 2.86. The van der Waals surface area contributed by atoms with E-state index < -0.39 is 32.6 Å². The minimum absolute atomic E-state index is 0.0673. The van der Waals surface area contributed by atoms with Crippen molar-refractivity contribution in [2.75, 3.05) is 4.72 Å². The van der Waals surface area contributed by atoms with Crippen molar-refractivity contribution in [3.05, 3.63) is 59.7 Å². The molecule has 0 aliphatic carbocycles. The molecule has 0 saturated heterocycles. The highest BCUT2D eigenvalue weighted by molar-refractivity contribution is 7.92. The van der Waals surface area contributed by atoms with Crippen molar-refractivity contribution in [2.45, 2.75) is 11.1 Å². The molecule has 0 aromatic heterocycles. The van der Waals surface area contributed by atoms with E-state index in [1.165, 1.54) is 18.2 Å². The summed E-state index contributed by atoms with van der Waals surface area (Å²) in [4.78, 5) is 10.3. The second kappa shape index (κ2) is 5.92. The number of alkyl halides is 3. The van der Waals surface area contributed by atoms with E-state index in [1.807, 2.05) is 0 Å². The molecular weight excluding hydrogens is 335 g/mol. The Kier molecular flexibility index (Phi) is 4.33. The standard InChI is InChI=1S/C14H10F3NO4S/c15-14(16,17)10-4-2-6-12(8-10)23(21,22)18-11-5-1-3-9(7-11)13(19)20/h1-8,18H,(H,19,20). The van der Waals surface area contributed by atoms with Gasteiger partial charge < -0.3 is 5.11 Å². The Balaban J connectivity index is 2.36. The summed E-state index contributed by atoms with van der Waals surface area (Å²) >= 11 is 0. The Labute approximate surface area is 129 Å². The SMILES string of the molecule is O=C(O)c1cccc(NS(=O)(=O)c2cccc(C(F)(F)F)c2)c1. The Hall–Kier alpha value is -2.55. The van der Waals surface area contributed by atoms with Crippen LogP contribution in [0.25, 0.3) is 0 Å². The van der Waals surface area contributed by atoms with E-state index in [0.29, 0.717) is 6.07 Å². The molecular formula is C14H10F3NO4S. The average Bonchev–Trinajstić information content (AvgIpc) is 2.46. The number of nitrogens with one attached hydrogen (secondary N) is 1. The van der Waals surface area contributed by atoms with Crippen molar-refractivity contribution in [3.63, 3.8) is 0 Å². The van der Waals surface area contributed by atoms with Crippen LogP contribution in [0.4, 0.5) is 18.9 Å². The molecule has 2 rings (SSSR count). The highest BCUT2D eigenvalue weighted by Gasteiger charge is 2.31. The van der Waals surface area contributed by atoms with Crippen molar-refractivity contribution >= 4 is 21.7 Å². The van der Waals surface area contributed by atoms with Gasteiger partial charge in [-0.15, -0.1) is 0 Å². The smallest absolute Gasteiger partial charge is 0.416 e. The van der Waals surface area contributed by atoms with Gasteiger partial charge in [0.05, 0.1) is 16.0 Å². The number of anilines is 1. The summed E-state index contributed by atoms with van der Waals surface area (Å²) in [5.41, 5.74) is -1.32. The van der Waals surface area contributed by atoms with Gasteiger partial charge >= 0.3 is 12.1 Å². The van der Waals surface area contributed by atoms with Crippen LogP contribution in [0.2, 0.25) is 0 Å². The number of carboxylic acid groups (broad SMARTS) is 1. The number of halogens is 3. The van der Waals surface area contributed by atoms with Gasteiger partial charge in [0.25, 0.3) is 10.0 Å². The maximum absolute atomic E-state index is 12.6. The normalized spacial score (nSPS) is 12.0.